The van der Waals surface area contributed by atoms with Crippen molar-refractivity contribution in [3.63, 3.8) is 0 Å². The highest BCUT2D eigenvalue weighted by atomic mass is 32.2. The number of halogens is 3. The number of benzene rings is 1. The molecule has 0 radical (unpaired) electrons. The number of aromatic nitrogens is 1. The molecule has 0 aliphatic carbocycles. The fraction of sp³-hybridized carbons (Fsp3) is 0.235. The summed E-state index contributed by atoms with van der Waals surface area (Å²) in [6.07, 6.45) is 1.77. The van der Waals surface area contributed by atoms with Gasteiger partial charge in [0, 0.05) is 12.7 Å². The summed E-state index contributed by atoms with van der Waals surface area (Å²) in [5.74, 6) is -4.52. The van der Waals surface area contributed by atoms with Crippen molar-refractivity contribution in [2.45, 2.75) is 17.2 Å². The van der Waals surface area contributed by atoms with Crippen LogP contribution in [0.2, 0.25) is 0 Å². The molecular weight excluding hydrogens is 369 g/mol. The molecule has 0 fully saturated rings. The molecule has 2 aromatic rings. The van der Waals surface area contributed by atoms with Gasteiger partial charge in [0.1, 0.15) is 10.8 Å². The van der Waals surface area contributed by atoms with Crippen molar-refractivity contribution >= 4 is 23.6 Å². The minimum absolute atomic E-state index is 0.128. The van der Waals surface area contributed by atoms with Crippen molar-refractivity contribution in [3.05, 3.63) is 59.5 Å². The Morgan fingerprint density at radius 1 is 1.19 bits per heavy atom. The van der Waals surface area contributed by atoms with E-state index in [0.717, 1.165) is 5.56 Å². The number of carbonyl (C=O) groups is 2. The number of nitrogens with zero attached hydrogens (tertiary/aromatic N) is 1. The molecule has 9 heteroatoms. The topological polar surface area (TPSA) is 68.3 Å². The zero-order valence-electron chi connectivity index (χ0n) is 13.5. The van der Waals surface area contributed by atoms with Crippen molar-refractivity contribution in [1.82, 2.24) is 10.3 Å². The Hall–Kier alpha value is -2.55. The highest BCUT2D eigenvalue weighted by molar-refractivity contribution is 7.99. The summed E-state index contributed by atoms with van der Waals surface area (Å²) >= 11 is 0.128. The molecule has 1 N–H and O–H groups in total. The molecule has 5 nitrogen and oxygen atoms in total. The van der Waals surface area contributed by atoms with Crippen LogP contribution in [0.5, 0.6) is 0 Å². The van der Waals surface area contributed by atoms with E-state index in [0.29, 0.717) is 6.42 Å². The molecule has 1 amide bonds. The van der Waals surface area contributed by atoms with Crippen LogP contribution in [0.4, 0.5) is 13.2 Å². The third-order valence-corrected chi connectivity index (χ3v) is 3.90. The molecular formula is C17H15F3N2O3S. The van der Waals surface area contributed by atoms with Gasteiger partial charge in [-0.2, -0.15) is 8.78 Å². The van der Waals surface area contributed by atoms with Gasteiger partial charge in [0.25, 0.3) is 11.7 Å². The molecule has 1 aromatic carbocycles. The average molecular weight is 384 g/mol. The van der Waals surface area contributed by atoms with E-state index in [4.69, 9.17) is 4.74 Å². The van der Waals surface area contributed by atoms with Crippen LogP contribution < -0.4 is 5.32 Å². The average Bonchev–Trinajstić information content (AvgIpc) is 2.61. The van der Waals surface area contributed by atoms with E-state index >= 15 is 0 Å². The second-order valence-electron chi connectivity index (χ2n) is 5.04. The van der Waals surface area contributed by atoms with Crippen LogP contribution in [0.1, 0.15) is 15.9 Å². The fourth-order valence-corrected chi connectivity index (χ4v) is 2.55. The molecule has 0 atom stereocenters. The Balaban J connectivity index is 1.78. The number of rotatable bonds is 8. The van der Waals surface area contributed by atoms with Crippen molar-refractivity contribution in [3.8, 4) is 0 Å². The minimum Gasteiger partial charge on any atom is -0.452 e. The maximum atomic E-state index is 12.8. The minimum atomic E-state index is -2.73. The molecule has 138 valence electrons. The molecule has 0 aliphatic rings. The SMILES string of the molecule is O=C(COC(=O)c1cccnc1SC(F)F)NCCc1ccc(F)cc1. The van der Waals surface area contributed by atoms with Crippen LogP contribution in [-0.2, 0) is 16.0 Å². The third kappa shape index (κ3) is 6.40. The van der Waals surface area contributed by atoms with Crippen molar-refractivity contribution in [2.24, 2.45) is 0 Å². The Kier molecular flexibility index (Phi) is 7.46. The molecule has 1 aromatic heterocycles. The number of pyridine rings is 1. The second-order valence-corrected chi connectivity index (χ2v) is 6.02. The zero-order chi connectivity index (χ0) is 18.9. The van der Waals surface area contributed by atoms with Crippen LogP contribution in [-0.4, -0.2) is 35.8 Å². The Morgan fingerprint density at radius 2 is 1.92 bits per heavy atom. The van der Waals surface area contributed by atoms with Gasteiger partial charge in [0.2, 0.25) is 0 Å². The Morgan fingerprint density at radius 3 is 2.62 bits per heavy atom. The summed E-state index contributed by atoms with van der Waals surface area (Å²) in [5, 5.41) is 2.39. The molecule has 0 bridgehead atoms. The quantitative estimate of drug-likeness (QED) is 0.560. The number of amides is 1. The van der Waals surface area contributed by atoms with Crippen LogP contribution in [0.3, 0.4) is 0 Å². The number of hydrogen-bond acceptors (Lipinski definition) is 5. The van der Waals surface area contributed by atoms with Gasteiger partial charge in [-0.25, -0.2) is 14.2 Å². The number of thioether (sulfide) groups is 1. The normalized spacial score (nSPS) is 10.6. The first kappa shape index (κ1) is 19.8. The van der Waals surface area contributed by atoms with E-state index in [1.54, 1.807) is 12.1 Å². The maximum Gasteiger partial charge on any atom is 0.341 e. The smallest absolute Gasteiger partial charge is 0.341 e. The Bertz CT molecular complexity index is 757. The summed E-state index contributed by atoms with van der Waals surface area (Å²) in [6, 6.07) is 8.56. The van der Waals surface area contributed by atoms with Gasteiger partial charge < -0.3 is 10.1 Å². The number of ether oxygens (including phenoxy) is 1. The van der Waals surface area contributed by atoms with Crippen molar-refractivity contribution in [2.75, 3.05) is 13.2 Å². The molecule has 0 saturated heterocycles. The number of carbonyl (C=O) groups excluding carboxylic acids is 2. The predicted molar refractivity (Wildman–Crippen MR) is 89.5 cm³/mol. The molecule has 2 rings (SSSR count). The monoisotopic (exact) mass is 384 g/mol. The third-order valence-electron chi connectivity index (χ3n) is 3.18. The highest BCUT2D eigenvalue weighted by Crippen LogP contribution is 2.26. The predicted octanol–water partition coefficient (Wildman–Crippen LogP) is 3.05. The fourth-order valence-electron chi connectivity index (χ4n) is 1.98. The van der Waals surface area contributed by atoms with E-state index in [1.165, 1.54) is 30.5 Å². The van der Waals surface area contributed by atoms with Crippen molar-refractivity contribution < 1.29 is 27.5 Å². The largest absolute Gasteiger partial charge is 0.452 e. The first-order valence-electron chi connectivity index (χ1n) is 7.54. The van der Waals surface area contributed by atoms with E-state index < -0.39 is 24.2 Å². The maximum absolute atomic E-state index is 12.8. The number of alkyl halides is 2. The van der Waals surface area contributed by atoms with Crippen LogP contribution >= 0.6 is 11.8 Å². The summed E-state index contributed by atoms with van der Waals surface area (Å²) in [7, 11) is 0. The highest BCUT2D eigenvalue weighted by Gasteiger charge is 2.18. The summed E-state index contributed by atoms with van der Waals surface area (Å²) in [4.78, 5) is 27.4. The van der Waals surface area contributed by atoms with Gasteiger partial charge in [-0.3, -0.25) is 4.79 Å². The standard InChI is InChI=1S/C17H15F3N2O3S/c18-12-5-3-11(4-6-12)7-9-21-14(23)10-25-16(24)13-2-1-8-22-15(13)26-17(19)20/h1-6,8,17H,7,9-10H2,(H,21,23). The number of hydrogen-bond donors (Lipinski definition) is 1. The van der Waals surface area contributed by atoms with Gasteiger partial charge in [-0.1, -0.05) is 12.1 Å². The van der Waals surface area contributed by atoms with Crippen LogP contribution in [0.25, 0.3) is 0 Å². The lowest BCUT2D eigenvalue weighted by Crippen LogP contribution is -2.30. The molecule has 0 saturated carbocycles. The molecule has 0 aliphatic heterocycles. The lowest BCUT2D eigenvalue weighted by molar-refractivity contribution is -0.124. The lowest BCUT2D eigenvalue weighted by Gasteiger charge is -2.09. The summed E-state index contributed by atoms with van der Waals surface area (Å²) in [6.45, 7) is -0.267. The van der Waals surface area contributed by atoms with E-state index in [9.17, 15) is 22.8 Å². The van der Waals surface area contributed by atoms with E-state index in [1.807, 2.05) is 0 Å². The van der Waals surface area contributed by atoms with Crippen LogP contribution in [0, 0.1) is 5.82 Å². The van der Waals surface area contributed by atoms with E-state index in [-0.39, 0.29) is 34.7 Å². The molecule has 0 unspecified atom stereocenters. The van der Waals surface area contributed by atoms with Gasteiger partial charge in [-0.05, 0) is 48.0 Å². The number of nitrogens with one attached hydrogen (secondary N) is 1. The van der Waals surface area contributed by atoms with Gasteiger partial charge in [-0.15, -0.1) is 0 Å². The zero-order valence-corrected chi connectivity index (χ0v) is 14.3. The van der Waals surface area contributed by atoms with Crippen LogP contribution in [0.15, 0.2) is 47.6 Å². The molecule has 26 heavy (non-hydrogen) atoms. The lowest BCUT2D eigenvalue weighted by atomic mass is 10.1. The number of esters is 1. The van der Waals surface area contributed by atoms with Gasteiger partial charge >= 0.3 is 5.97 Å². The Labute approximate surface area is 152 Å². The van der Waals surface area contributed by atoms with E-state index in [2.05, 4.69) is 10.3 Å². The summed E-state index contributed by atoms with van der Waals surface area (Å²) < 4.78 is 42.5. The van der Waals surface area contributed by atoms with Gasteiger partial charge in [0.15, 0.2) is 6.61 Å². The molecule has 1 heterocycles. The first-order valence-corrected chi connectivity index (χ1v) is 8.42. The first-order chi connectivity index (χ1) is 12.5. The summed E-state index contributed by atoms with van der Waals surface area (Å²) in [5.41, 5.74) is 0.713. The molecule has 0 spiro atoms. The second kappa shape index (κ2) is 9.81. The van der Waals surface area contributed by atoms with Crippen molar-refractivity contribution in [1.29, 1.82) is 0 Å². The van der Waals surface area contributed by atoms with Gasteiger partial charge in [0.05, 0.1) is 5.56 Å².